The molecule has 20 heavy (non-hydrogen) atoms. The summed E-state index contributed by atoms with van der Waals surface area (Å²) in [5, 5.41) is 1.10. The third kappa shape index (κ3) is 2.14. The van der Waals surface area contributed by atoms with Gasteiger partial charge in [-0.25, -0.2) is 4.39 Å². The summed E-state index contributed by atoms with van der Waals surface area (Å²) in [6, 6.07) is 17.1. The number of benzene rings is 3. The van der Waals surface area contributed by atoms with E-state index in [2.05, 4.69) is 15.9 Å². The molecule has 0 aliphatic rings. The highest BCUT2D eigenvalue weighted by Gasteiger charge is 2.16. The molecule has 0 saturated carbocycles. The smallest absolute Gasteiger partial charge is 0.194 e. The summed E-state index contributed by atoms with van der Waals surface area (Å²) in [5.74, 6) is -0.432. The zero-order chi connectivity index (χ0) is 14.1. The van der Waals surface area contributed by atoms with E-state index in [1.807, 2.05) is 18.2 Å². The Hall–Kier alpha value is -2.00. The second-order valence-electron chi connectivity index (χ2n) is 4.45. The number of hydrogen-bond acceptors (Lipinski definition) is 1. The Bertz CT molecular complexity index is 811. The first-order chi connectivity index (χ1) is 9.68. The normalized spacial score (nSPS) is 10.7. The molecule has 0 N–H and O–H groups in total. The van der Waals surface area contributed by atoms with E-state index in [0.717, 1.165) is 4.47 Å². The first-order valence-electron chi connectivity index (χ1n) is 6.15. The molecular weight excluding hydrogens is 319 g/mol. The lowest BCUT2D eigenvalue weighted by Crippen LogP contribution is -2.03. The molecule has 0 fully saturated rings. The SMILES string of the molecule is O=C(c1ccccc1Br)c1ccc(F)c2ccccc12. The van der Waals surface area contributed by atoms with E-state index in [1.165, 1.54) is 6.07 Å². The largest absolute Gasteiger partial charge is 0.289 e. The van der Waals surface area contributed by atoms with Gasteiger partial charge in [0.25, 0.3) is 0 Å². The fourth-order valence-corrected chi connectivity index (χ4v) is 2.72. The fraction of sp³-hybridized carbons (Fsp3) is 0. The molecule has 0 aromatic heterocycles. The van der Waals surface area contributed by atoms with Crippen molar-refractivity contribution in [3.8, 4) is 0 Å². The second-order valence-corrected chi connectivity index (χ2v) is 5.30. The van der Waals surface area contributed by atoms with E-state index in [4.69, 9.17) is 0 Å². The van der Waals surface area contributed by atoms with Crippen LogP contribution in [0.4, 0.5) is 4.39 Å². The van der Waals surface area contributed by atoms with Crippen LogP contribution in [-0.2, 0) is 0 Å². The molecule has 0 amide bonds. The van der Waals surface area contributed by atoms with Crippen LogP contribution in [0.2, 0.25) is 0 Å². The zero-order valence-corrected chi connectivity index (χ0v) is 12.0. The third-order valence-corrected chi connectivity index (χ3v) is 3.93. The lowest BCUT2D eigenvalue weighted by Gasteiger charge is -2.08. The van der Waals surface area contributed by atoms with Gasteiger partial charge in [-0.05, 0) is 29.7 Å². The summed E-state index contributed by atoms with van der Waals surface area (Å²) < 4.78 is 14.5. The predicted octanol–water partition coefficient (Wildman–Crippen LogP) is 4.97. The van der Waals surface area contributed by atoms with E-state index in [9.17, 15) is 9.18 Å². The molecule has 3 rings (SSSR count). The van der Waals surface area contributed by atoms with Gasteiger partial charge in [0.05, 0.1) is 0 Å². The van der Waals surface area contributed by atoms with Crippen LogP contribution >= 0.6 is 15.9 Å². The molecular formula is C17H10BrFO. The van der Waals surface area contributed by atoms with Crippen molar-refractivity contribution in [2.45, 2.75) is 0 Å². The average Bonchev–Trinajstić information content (AvgIpc) is 2.48. The number of rotatable bonds is 2. The van der Waals surface area contributed by atoms with Crippen LogP contribution in [0, 0.1) is 5.82 Å². The number of hydrogen-bond donors (Lipinski definition) is 0. The second kappa shape index (κ2) is 5.17. The first kappa shape index (κ1) is 13.0. The molecule has 0 aliphatic carbocycles. The van der Waals surface area contributed by atoms with Crippen molar-refractivity contribution >= 4 is 32.5 Å². The number of carbonyl (C=O) groups is 1. The number of fused-ring (bicyclic) bond motifs is 1. The lowest BCUT2D eigenvalue weighted by atomic mass is 9.97. The van der Waals surface area contributed by atoms with Gasteiger partial charge in [0, 0.05) is 21.0 Å². The molecule has 1 nitrogen and oxygen atoms in total. The van der Waals surface area contributed by atoms with Crippen LogP contribution in [0.5, 0.6) is 0 Å². The van der Waals surface area contributed by atoms with E-state index < -0.39 is 0 Å². The highest BCUT2D eigenvalue weighted by molar-refractivity contribution is 9.10. The monoisotopic (exact) mass is 328 g/mol. The fourth-order valence-electron chi connectivity index (χ4n) is 2.25. The molecule has 98 valence electrons. The molecule has 3 heteroatoms. The van der Waals surface area contributed by atoms with E-state index in [-0.39, 0.29) is 11.6 Å². The minimum Gasteiger partial charge on any atom is -0.289 e. The molecule has 0 atom stereocenters. The van der Waals surface area contributed by atoms with Crippen LogP contribution in [0.3, 0.4) is 0 Å². The summed E-state index contributed by atoms with van der Waals surface area (Å²) in [5.41, 5.74) is 1.08. The minimum atomic E-state index is -0.315. The van der Waals surface area contributed by atoms with E-state index in [1.54, 1.807) is 36.4 Å². The molecule has 0 saturated heterocycles. The van der Waals surface area contributed by atoms with Crippen molar-refractivity contribution in [3.05, 3.63) is 82.1 Å². The van der Waals surface area contributed by atoms with Gasteiger partial charge in [-0.2, -0.15) is 0 Å². The minimum absolute atomic E-state index is 0.117. The Morgan fingerprint density at radius 3 is 2.20 bits per heavy atom. The molecule has 0 spiro atoms. The maximum absolute atomic E-state index is 13.8. The Kier molecular flexibility index (Phi) is 3.36. The Balaban J connectivity index is 2.23. The summed E-state index contributed by atoms with van der Waals surface area (Å²) >= 11 is 3.38. The van der Waals surface area contributed by atoms with Crippen molar-refractivity contribution in [1.29, 1.82) is 0 Å². The van der Waals surface area contributed by atoms with Gasteiger partial charge in [-0.15, -0.1) is 0 Å². The number of ketones is 1. The molecule has 0 radical (unpaired) electrons. The van der Waals surface area contributed by atoms with Crippen LogP contribution in [0.15, 0.2) is 65.1 Å². The van der Waals surface area contributed by atoms with Gasteiger partial charge in [0.1, 0.15) is 5.82 Å². The quantitative estimate of drug-likeness (QED) is 0.607. The Labute approximate surface area is 124 Å². The van der Waals surface area contributed by atoms with Gasteiger partial charge in [-0.3, -0.25) is 4.79 Å². The van der Waals surface area contributed by atoms with Crippen molar-refractivity contribution in [3.63, 3.8) is 0 Å². The van der Waals surface area contributed by atoms with Gasteiger partial charge < -0.3 is 0 Å². The van der Waals surface area contributed by atoms with Crippen LogP contribution < -0.4 is 0 Å². The standard InChI is InChI=1S/C17H10BrFO/c18-15-8-4-3-7-14(15)17(20)13-9-10-16(19)12-6-2-1-5-11(12)13/h1-10H. The summed E-state index contributed by atoms with van der Waals surface area (Å²) in [4.78, 5) is 12.6. The molecule has 0 heterocycles. The van der Waals surface area contributed by atoms with Crippen molar-refractivity contribution in [2.75, 3.05) is 0 Å². The molecule has 0 unspecified atom stereocenters. The van der Waals surface area contributed by atoms with Gasteiger partial charge in [0.2, 0.25) is 0 Å². The summed E-state index contributed by atoms with van der Waals surface area (Å²) in [7, 11) is 0. The Morgan fingerprint density at radius 1 is 0.800 bits per heavy atom. The van der Waals surface area contributed by atoms with Gasteiger partial charge >= 0.3 is 0 Å². The topological polar surface area (TPSA) is 17.1 Å². The molecule has 3 aromatic rings. The Morgan fingerprint density at radius 2 is 1.45 bits per heavy atom. The van der Waals surface area contributed by atoms with Crippen molar-refractivity contribution < 1.29 is 9.18 Å². The lowest BCUT2D eigenvalue weighted by molar-refractivity contribution is 0.103. The van der Waals surface area contributed by atoms with Crippen LogP contribution in [-0.4, -0.2) is 5.78 Å². The first-order valence-corrected chi connectivity index (χ1v) is 6.94. The van der Waals surface area contributed by atoms with Crippen molar-refractivity contribution in [1.82, 2.24) is 0 Å². The number of carbonyl (C=O) groups excluding carboxylic acids is 1. The van der Waals surface area contributed by atoms with Crippen LogP contribution in [0.25, 0.3) is 10.8 Å². The van der Waals surface area contributed by atoms with Gasteiger partial charge in [0.15, 0.2) is 5.78 Å². The maximum Gasteiger partial charge on any atom is 0.194 e. The molecule has 0 aliphatic heterocycles. The highest BCUT2D eigenvalue weighted by Crippen LogP contribution is 2.26. The third-order valence-electron chi connectivity index (χ3n) is 3.23. The average molecular weight is 329 g/mol. The molecule has 0 bridgehead atoms. The highest BCUT2D eigenvalue weighted by atomic mass is 79.9. The van der Waals surface area contributed by atoms with E-state index in [0.29, 0.717) is 21.9 Å². The van der Waals surface area contributed by atoms with Crippen LogP contribution in [0.1, 0.15) is 15.9 Å². The van der Waals surface area contributed by atoms with E-state index >= 15 is 0 Å². The summed E-state index contributed by atoms with van der Waals surface area (Å²) in [6.07, 6.45) is 0. The van der Waals surface area contributed by atoms with Gasteiger partial charge in [-0.1, -0.05) is 52.3 Å². The maximum atomic E-state index is 13.8. The summed E-state index contributed by atoms with van der Waals surface area (Å²) in [6.45, 7) is 0. The predicted molar refractivity (Wildman–Crippen MR) is 81.5 cm³/mol. The zero-order valence-electron chi connectivity index (χ0n) is 10.4. The van der Waals surface area contributed by atoms with Crippen molar-refractivity contribution in [2.24, 2.45) is 0 Å². The molecule has 3 aromatic carbocycles. The number of halogens is 2.